The Morgan fingerprint density at radius 2 is 1.60 bits per heavy atom. The molecule has 1 unspecified atom stereocenters. The Balaban J connectivity index is 0.000000309. The number of nitro groups is 1. The van der Waals surface area contributed by atoms with Crippen LogP contribution in [-0.2, 0) is 13.5 Å². The minimum atomic E-state index is -2.05. The Labute approximate surface area is 256 Å². The van der Waals surface area contributed by atoms with Gasteiger partial charge in [0.1, 0.15) is 0 Å². The first kappa shape index (κ1) is 36.7. The van der Waals surface area contributed by atoms with Gasteiger partial charge >= 0.3 is 112 Å². The molecule has 0 spiro atoms. The number of benzene rings is 2. The van der Waals surface area contributed by atoms with E-state index in [9.17, 15) is 10.1 Å². The van der Waals surface area contributed by atoms with Crippen molar-refractivity contribution in [3.05, 3.63) is 75.8 Å². The summed E-state index contributed by atoms with van der Waals surface area (Å²) in [6.07, 6.45) is 2.52. The third-order valence-electron chi connectivity index (χ3n) is 7.10. The van der Waals surface area contributed by atoms with E-state index < -0.39 is 18.4 Å². The number of halogens is 2. The Kier molecular flexibility index (Phi) is 15.0. The van der Waals surface area contributed by atoms with Crippen LogP contribution < -0.4 is 4.74 Å². The van der Waals surface area contributed by atoms with Gasteiger partial charge in [-0.1, -0.05) is 78.6 Å². The second kappa shape index (κ2) is 16.3. The largest absolute Gasteiger partial charge is 0.454 e. The van der Waals surface area contributed by atoms with Crippen molar-refractivity contribution in [1.82, 2.24) is 4.90 Å². The fraction of sp³-hybridized carbons (Fsp3) is 0.562. The Morgan fingerprint density at radius 3 is 1.95 bits per heavy atom. The monoisotopic (exact) mass is 681 g/mol. The van der Waals surface area contributed by atoms with Crippen LogP contribution in [-0.4, -0.2) is 33.1 Å². The van der Waals surface area contributed by atoms with Gasteiger partial charge in [0.2, 0.25) is 0 Å². The molecule has 2 aromatic rings. The van der Waals surface area contributed by atoms with E-state index in [0.717, 1.165) is 0 Å². The molecule has 0 bridgehead atoms. The summed E-state index contributed by atoms with van der Waals surface area (Å²) >= 11 is -2.05. The minimum Gasteiger partial charge on any atom is -0.454 e. The van der Waals surface area contributed by atoms with E-state index in [4.69, 9.17) is 24.1 Å². The van der Waals surface area contributed by atoms with Gasteiger partial charge in [0.15, 0.2) is 0 Å². The smallest absolute Gasteiger partial charge is 0.0144 e. The van der Waals surface area contributed by atoms with Crippen molar-refractivity contribution in [2.75, 3.05) is 7.05 Å². The summed E-state index contributed by atoms with van der Waals surface area (Å²) in [5.41, 5.74) is 4.28. The zero-order valence-corrected chi connectivity index (χ0v) is 29.3. The molecule has 1 aliphatic heterocycles. The second-order valence-corrected chi connectivity index (χ2v) is 17.9. The number of nitrogens with zero attached hydrogens (tertiary/aromatic N) is 2. The molecule has 0 N–H and O–H groups in total. The number of non-ortho nitro benzene ring substituents is 1. The summed E-state index contributed by atoms with van der Waals surface area (Å²) < 4.78 is 7.17. The van der Waals surface area contributed by atoms with Crippen LogP contribution in [0.4, 0.5) is 5.69 Å². The molecule has 8 heteroatoms. The second-order valence-electron chi connectivity index (χ2n) is 12.2. The van der Waals surface area contributed by atoms with Gasteiger partial charge in [-0.25, -0.2) is 0 Å². The van der Waals surface area contributed by atoms with Crippen molar-refractivity contribution < 1.29 is 23.2 Å². The summed E-state index contributed by atoms with van der Waals surface area (Å²) in [6.45, 7) is 24.3. The SMILES string of the molecule is CC(C)Oc1ccc([N+](=O)[O-])cc1[CH]=[Ru]([Cl])[Cl].CC(C)c1cccc(C(C)C)c1.CCC1(C)[CH-]N(C)C(C)(C)C1. The zero-order chi connectivity index (χ0) is 30.8. The van der Waals surface area contributed by atoms with Crippen molar-refractivity contribution in [1.29, 1.82) is 0 Å². The first-order chi connectivity index (χ1) is 18.4. The number of ether oxygens (including phenoxy) is 1. The van der Waals surface area contributed by atoms with E-state index in [-0.39, 0.29) is 11.8 Å². The average molecular weight is 682 g/mol. The summed E-state index contributed by atoms with van der Waals surface area (Å²) in [5, 5.41) is 10.7. The first-order valence-corrected chi connectivity index (χ1v) is 19.4. The topological polar surface area (TPSA) is 55.6 Å². The molecule has 1 saturated heterocycles. The normalized spacial score (nSPS) is 18.6. The van der Waals surface area contributed by atoms with E-state index in [2.05, 4.69) is 98.1 Å². The molecule has 228 valence electrons. The fourth-order valence-corrected chi connectivity index (χ4v) is 6.25. The maximum Gasteiger partial charge on any atom is -0.0144 e. The molecule has 40 heavy (non-hydrogen) atoms. The van der Waals surface area contributed by atoms with E-state index in [1.807, 2.05) is 13.8 Å². The van der Waals surface area contributed by atoms with Crippen LogP contribution in [0.15, 0.2) is 42.5 Å². The molecular weight excluding hydrogens is 632 g/mol. The third kappa shape index (κ3) is 12.3. The van der Waals surface area contributed by atoms with Gasteiger partial charge in [-0.05, 0) is 49.4 Å². The van der Waals surface area contributed by atoms with Crippen LogP contribution in [0.2, 0.25) is 0 Å². The molecule has 0 radical (unpaired) electrons. The Morgan fingerprint density at radius 1 is 1.05 bits per heavy atom. The number of hydrogen-bond acceptors (Lipinski definition) is 4. The van der Waals surface area contributed by atoms with Gasteiger partial charge in [0.05, 0.1) is 0 Å². The quantitative estimate of drug-likeness (QED) is 0.126. The van der Waals surface area contributed by atoms with Crippen molar-refractivity contribution in [2.45, 2.75) is 106 Å². The van der Waals surface area contributed by atoms with Crippen LogP contribution in [0.5, 0.6) is 5.75 Å². The standard InChI is InChI=1S/C12H18.C10H11NO3.C10H20N.2ClH.Ru/c1-9(2)11-6-5-7-12(8-11)10(3)4;1-7(2)14-10-5-4-9(11(12)13)6-8(10)3;1-6-10(4)7-9(2,3)11(5)8-10;;;/h5-10H,1-4H3;3-7H,1-2H3;8H,6-7H2,1-5H3;2*1H;/q;;-1;;;+2/p-2. The molecule has 0 saturated carbocycles. The van der Waals surface area contributed by atoms with Crippen molar-refractivity contribution >= 4 is 29.7 Å². The summed E-state index contributed by atoms with van der Waals surface area (Å²) in [5.74, 6) is 1.85. The van der Waals surface area contributed by atoms with Crippen molar-refractivity contribution in [3.8, 4) is 5.75 Å². The number of rotatable bonds is 7. The number of hydrogen-bond donors (Lipinski definition) is 0. The summed E-state index contributed by atoms with van der Waals surface area (Å²) in [6, 6.07) is 13.3. The van der Waals surface area contributed by atoms with Gasteiger partial charge < -0.3 is 4.90 Å². The predicted molar refractivity (Wildman–Crippen MR) is 170 cm³/mol. The molecule has 0 aliphatic carbocycles. The van der Waals surface area contributed by atoms with Crippen LogP contribution >= 0.6 is 19.4 Å². The van der Waals surface area contributed by atoms with Gasteiger partial charge in [0, 0.05) is 0 Å². The van der Waals surface area contributed by atoms with Gasteiger partial charge in [-0.3, -0.25) is 6.54 Å². The molecule has 1 aliphatic rings. The Bertz CT molecular complexity index is 1110. The molecule has 5 nitrogen and oxygen atoms in total. The third-order valence-corrected chi connectivity index (χ3v) is 8.93. The predicted octanol–water partition coefficient (Wildman–Crippen LogP) is 10.1. The van der Waals surface area contributed by atoms with E-state index in [0.29, 0.717) is 34.1 Å². The van der Waals surface area contributed by atoms with E-state index >= 15 is 0 Å². The van der Waals surface area contributed by atoms with E-state index in [1.165, 1.54) is 36.1 Å². The average Bonchev–Trinajstić information content (AvgIpc) is 3.06. The minimum absolute atomic E-state index is 0.00360. The van der Waals surface area contributed by atoms with E-state index in [1.54, 1.807) is 10.7 Å². The summed E-state index contributed by atoms with van der Waals surface area (Å²) in [4.78, 5) is 12.6. The zero-order valence-electron chi connectivity index (χ0n) is 26.1. The van der Waals surface area contributed by atoms with Crippen LogP contribution in [0.3, 0.4) is 0 Å². The van der Waals surface area contributed by atoms with Crippen LogP contribution in [0.25, 0.3) is 0 Å². The van der Waals surface area contributed by atoms with Crippen molar-refractivity contribution in [3.63, 3.8) is 0 Å². The molecule has 1 fully saturated rings. The molecule has 1 heterocycles. The van der Waals surface area contributed by atoms with Crippen LogP contribution in [0, 0.1) is 22.1 Å². The number of likely N-dealkylation sites (tertiary alicyclic amines) is 1. The van der Waals surface area contributed by atoms with Crippen LogP contribution in [0.1, 0.15) is 111 Å². The molecule has 0 amide bonds. The summed E-state index contributed by atoms with van der Waals surface area (Å²) in [7, 11) is 13.7. The molecule has 1 atom stereocenters. The van der Waals surface area contributed by atoms with Gasteiger partial charge in [0.25, 0.3) is 0 Å². The Hall–Kier alpha value is -1.33. The fourth-order valence-electron chi connectivity index (χ4n) is 4.47. The molecule has 2 aromatic carbocycles. The molecular formula is C32H49Cl2N2O3Ru-. The molecule has 3 rings (SSSR count). The van der Waals surface area contributed by atoms with Gasteiger partial charge in [-0.15, -0.1) is 5.41 Å². The number of nitro benzene ring substituents is 1. The maximum atomic E-state index is 10.7. The molecule has 0 aromatic heterocycles. The maximum absolute atomic E-state index is 10.7. The van der Waals surface area contributed by atoms with Gasteiger partial charge in [-0.2, -0.15) is 0 Å². The van der Waals surface area contributed by atoms with Crippen molar-refractivity contribution in [2.24, 2.45) is 5.41 Å². The first-order valence-electron chi connectivity index (χ1n) is 13.9.